The van der Waals surface area contributed by atoms with Crippen LogP contribution in [0.1, 0.15) is 25.8 Å². The number of carbonyl (C=O) groups is 1. The summed E-state index contributed by atoms with van der Waals surface area (Å²) in [4.78, 5) is 10.9. The van der Waals surface area contributed by atoms with Crippen LogP contribution < -0.4 is 10.1 Å². The lowest BCUT2D eigenvalue weighted by Gasteiger charge is -2.15. The SMILES string of the molecule is CCNCc1ccc(OC(CC)C(=O)O)c(Cl)c1. The number of aliphatic carboxylic acids is 1. The number of nitrogens with one attached hydrogen (secondary N) is 1. The molecule has 1 rings (SSSR count). The fraction of sp³-hybridized carbons (Fsp3) is 0.462. The van der Waals surface area contributed by atoms with Crippen LogP contribution in [-0.2, 0) is 11.3 Å². The van der Waals surface area contributed by atoms with Gasteiger partial charge in [0.05, 0.1) is 5.02 Å². The molecule has 0 aliphatic carbocycles. The van der Waals surface area contributed by atoms with Crippen molar-refractivity contribution in [1.29, 1.82) is 0 Å². The van der Waals surface area contributed by atoms with Crippen LogP contribution in [0.2, 0.25) is 5.02 Å². The molecule has 1 unspecified atom stereocenters. The first-order chi connectivity index (χ1) is 8.58. The van der Waals surface area contributed by atoms with Gasteiger partial charge in [-0.3, -0.25) is 0 Å². The van der Waals surface area contributed by atoms with Gasteiger partial charge in [-0.25, -0.2) is 4.79 Å². The van der Waals surface area contributed by atoms with Crippen molar-refractivity contribution >= 4 is 17.6 Å². The van der Waals surface area contributed by atoms with E-state index >= 15 is 0 Å². The van der Waals surface area contributed by atoms with Gasteiger partial charge in [-0.15, -0.1) is 0 Å². The lowest BCUT2D eigenvalue weighted by Crippen LogP contribution is -2.26. The normalized spacial score (nSPS) is 12.2. The Balaban J connectivity index is 2.75. The van der Waals surface area contributed by atoms with E-state index in [1.165, 1.54) is 0 Å². The summed E-state index contributed by atoms with van der Waals surface area (Å²) in [6.07, 6.45) is -0.465. The minimum atomic E-state index is -0.981. The van der Waals surface area contributed by atoms with Crippen molar-refractivity contribution in [2.75, 3.05) is 6.54 Å². The summed E-state index contributed by atoms with van der Waals surface area (Å²) in [6.45, 7) is 5.39. The van der Waals surface area contributed by atoms with E-state index < -0.39 is 12.1 Å². The first-order valence-electron chi connectivity index (χ1n) is 5.97. The van der Waals surface area contributed by atoms with Crippen molar-refractivity contribution in [3.63, 3.8) is 0 Å². The molecule has 0 saturated heterocycles. The second-order valence-electron chi connectivity index (χ2n) is 3.90. The zero-order chi connectivity index (χ0) is 13.5. The van der Waals surface area contributed by atoms with E-state index in [-0.39, 0.29) is 0 Å². The van der Waals surface area contributed by atoms with Crippen LogP contribution >= 0.6 is 11.6 Å². The molecular formula is C13H18ClNO3. The highest BCUT2D eigenvalue weighted by molar-refractivity contribution is 6.32. The second-order valence-corrected chi connectivity index (χ2v) is 4.31. The highest BCUT2D eigenvalue weighted by Gasteiger charge is 2.18. The molecule has 5 heteroatoms. The summed E-state index contributed by atoms with van der Waals surface area (Å²) >= 11 is 6.07. The van der Waals surface area contributed by atoms with Gasteiger partial charge in [-0.05, 0) is 30.7 Å². The average molecular weight is 272 g/mol. The Morgan fingerprint density at radius 3 is 2.72 bits per heavy atom. The summed E-state index contributed by atoms with van der Waals surface area (Å²) in [5.74, 6) is -0.573. The van der Waals surface area contributed by atoms with Crippen LogP contribution in [0.3, 0.4) is 0 Å². The number of ether oxygens (including phenoxy) is 1. The van der Waals surface area contributed by atoms with E-state index in [1.54, 1.807) is 19.1 Å². The zero-order valence-electron chi connectivity index (χ0n) is 10.6. The molecule has 2 N–H and O–H groups in total. The average Bonchev–Trinajstić information content (AvgIpc) is 2.34. The molecule has 0 spiro atoms. The third-order valence-electron chi connectivity index (χ3n) is 2.49. The Kier molecular flexibility index (Phi) is 5.95. The Bertz CT molecular complexity index is 409. The van der Waals surface area contributed by atoms with Gasteiger partial charge in [0, 0.05) is 6.54 Å². The van der Waals surface area contributed by atoms with Crippen molar-refractivity contribution in [1.82, 2.24) is 5.32 Å². The molecule has 4 nitrogen and oxygen atoms in total. The summed E-state index contributed by atoms with van der Waals surface area (Å²) in [5.41, 5.74) is 1.04. The van der Waals surface area contributed by atoms with Gasteiger partial charge in [-0.1, -0.05) is 31.5 Å². The van der Waals surface area contributed by atoms with Crippen LogP contribution in [0, 0.1) is 0 Å². The second kappa shape index (κ2) is 7.24. The van der Waals surface area contributed by atoms with Crippen LogP contribution in [-0.4, -0.2) is 23.7 Å². The summed E-state index contributed by atoms with van der Waals surface area (Å²) in [7, 11) is 0. The molecule has 0 radical (unpaired) electrons. The summed E-state index contributed by atoms with van der Waals surface area (Å²) < 4.78 is 5.36. The first kappa shape index (κ1) is 14.8. The quantitative estimate of drug-likeness (QED) is 0.801. The summed E-state index contributed by atoms with van der Waals surface area (Å²) in [6, 6.07) is 5.37. The molecule has 0 saturated carbocycles. The molecule has 0 fully saturated rings. The van der Waals surface area contributed by atoms with E-state index in [9.17, 15) is 4.79 Å². The maximum absolute atomic E-state index is 10.9. The largest absolute Gasteiger partial charge is 0.479 e. The minimum absolute atomic E-state index is 0.394. The third-order valence-corrected chi connectivity index (χ3v) is 2.79. The molecule has 100 valence electrons. The van der Waals surface area contributed by atoms with Crippen LogP contribution in [0.5, 0.6) is 5.75 Å². The van der Waals surface area contributed by atoms with Gasteiger partial charge in [0.25, 0.3) is 0 Å². The number of hydrogen-bond donors (Lipinski definition) is 2. The van der Waals surface area contributed by atoms with E-state index in [0.29, 0.717) is 17.2 Å². The highest BCUT2D eigenvalue weighted by Crippen LogP contribution is 2.27. The van der Waals surface area contributed by atoms with Gasteiger partial charge < -0.3 is 15.2 Å². The van der Waals surface area contributed by atoms with Crippen LogP contribution in [0.4, 0.5) is 0 Å². The topological polar surface area (TPSA) is 58.6 Å². The fourth-order valence-corrected chi connectivity index (χ4v) is 1.73. The molecule has 0 heterocycles. The number of hydrogen-bond acceptors (Lipinski definition) is 3. The molecule has 1 aromatic rings. The lowest BCUT2D eigenvalue weighted by atomic mass is 10.2. The molecule has 0 aliphatic heterocycles. The predicted molar refractivity (Wildman–Crippen MR) is 71.2 cm³/mol. The minimum Gasteiger partial charge on any atom is -0.479 e. The molecule has 18 heavy (non-hydrogen) atoms. The lowest BCUT2D eigenvalue weighted by molar-refractivity contribution is -0.145. The Hall–Kier alpha value is -1.26. The maximum Gasteiger partial charge on any atom is 0.344 e. The molecule has 1 atom stereocenters. The number of benzene rings is 1. The van der Waals surface area contributed by atoms with Gasteiger partial charge in [0.2, 0.25) is 0 Å². The Morgan fingerprint density at radius 2 is 2.22 bits per heavy atom. The molecule has 0 aromatic heterocycles. The first-order valence-corrected chi connectivity index (χ1v) is 6.34. The zero-order valence-corrected chi connectivity index (χ0v) is 11.3. The van der Waals surface area contributed by atoms with Crippen molar-refractivity contribution in [3.8, 4) is 5.75 Å². The standard InChI is InChI=1S/C13H18ClNO3/c1-3-11(13(16)17)18-12-6-5-9(7-10(12)14)8-15-4-2/h5-7,11,15H,3-4,8H2,1-2H3,(H,16,17). The highest BCUT2D eigenvalue weighted by atomic mass is 35.5. The molecule has 1 aromatic carbocycles. The van der Waals surface area contributed by atoms with Crippen molar-refractivity contribution < 1.29 is 14.6 Å². The Labute approximate surface area is 112 Å². The summed E-state index contributed by atoms with van der Waals surface area (Å²) in [5, 5.41) is 12.5. The smallest absolute Gasteiger partial charge is 0.344 e. The van der Waals surface area contributed by atoms with Gasteiger partial charge in [0.1, 0.15) is 5.75 Å². The van der Waals surface area contributed by atoms with Crippen LogP contribution in [0.15, 0.2) is 18.2 Å². The van der Waals surface area contributed by atoms with E-state index in [0.717, 1.165) is 18.7 Å². The van der Waals surface area contributed by atoms with E-state index in [4.69, 9.17) is 21.4 Å². The monoisotopic (exact) mass is 271 g/mol. The predicted octanol–water partition coefficient (Wildman–Crippen LogP) is 2.69. The van der Waals surface area contributed by atoms with Gasteiger partial charge in [0.15, 0.2) is 6.10 Å². The Morgan fingerprint density at radius 1 is 1.50 bits per heavy atom. The van der Waals surface area contributed by atoms with E-state index in [2.05, 4.69) is 5.32 Å². The van der Waals surface area contributed by atoms with E-state index in [1.807, 2.05) is 13.0 Å². The number of halogens is 1. The van der Waals surface area contributed by atoms with Crippen molar-refractivity contribution in [3.05, 3.63) is 28.8 Å². The van der Waals surface area contributed by atoms with Gasteiger partial charge >= 0.3 is 5.97 Å². The van der Waals surface area contributed by atoms with Crippen LogP contribution in [0.25, 0.3) is 0 Å². The number of carboxylic acids is 1. The molecule has 0 bridgehead atoms. The third kappa shape index (κ3) is 4.20. The molecular weight excluding hydrogens is 254 g/mol. The maximum atomic E-state index is 10.9. The molecule has 0 aliphatic rings. The fourth-order valence-electron chi connectivity index (χ4n) is 1.48. The molecule has 0 amide bonds. The number of carboxylic acid groups (broad SMARTS) is 1. The number of rotatable bonds is 7. The van der Waals surface area contributed by atoms with Crippen molar-refractivity contribution in [2.24, 2.45) is 0 Å². The van der Waals surface area contributed by atoms with Crippen molar-refractivity contribution in [2.45, 2.75) is 32.9 Å². The van der Waals surface area contributed by atoms with Gasteiger partial charge in [-0.2, -0.15) is 0 Å².